The molecule has 1 aromatic carbocycles. The molecule has 0 spiro atoms. The Kier molecular flexibility index (Phi) is 3.91. The molecule has 1 aromatic rings. The molecule has 1 nitrogen and oxygen atoms in total. The summed E-state index contributed by atoms with van der Waals surface area (Å²) in [6.07, 6.45) is -4.64. The van der Waals surface area contributed by atoms with Crippen LogP contribution >= 0.6 is 0 Å². The lowest BCUT2D eigenvalue weighted by atomic mass is 10.0. The number of aryl methyl sites for hydroxylation is 2. The normalized spacial score (nSPS) is 11.9. The highest BCUT2D eigenvalue weighted by molar-refractivity contribution is 5.88. The molecule has 0 bridgehead atoms. The Hall–Kier alpha value is -1.39. The Bertz CT molecular complexity index is 427. The monoisotopic (exact) mass is 248 g/mol. The third kappa shape index (κ3) is 3.05. The first-order chi connectivity index (χ1) is 7.75. The van der Waals surface area contributed by atoms with Crippen molar-refractivity contribution in [2.75, 3.05) is 0 Å². The van der Waals surface area contributed by atoms with Crippen LogP contribution < -0.4 is 0 Å². The van der Waals surface area contributed by atoms with Crippen LogP contribution in [0.1, 0.15) is 16.7 Å². The molecule has 0 amide bonds. The van der Waals surface area contributed by atoms with Gasteiger partial charge in [0.1, 0.15) is 0 Å². The summed E-state index contributed by atoms with van der Waals surface area (Å²) in [7, 11) is 0. The highest BCUT2D eigenvalue weighted by atomic mass is 19.3. The molecule has 0 saturated carbocycles. The third-order valence-electron chi connectivity index (χ3n) is 2.58. The second-order valence-corrected chi connectivity index (χ2v) is 3.94. The van der Waals surface area contributed by atoms with Gasteiger partial charge in [-0.25, -0.2) is 8.78 Å². The summed E-state index contributed by atoms with van der Waals surface area (Å²) < 4.78 is 49.3. The third-order valence-corrected chi connectivity index (χ3v) is 2.58. The fraction of sp³-hybridized carbons (Fsp3) is 0.417. The van der Waals surface area contributed by atoms with Crippen LogP contribution in [0.15, 0.2) is 18.2 Å². The van der Waals surface area contributed by atoms with E-state index in [2.05, 4.69) is 0 Å². The minimum atomic E-state index is -4.57. The first kappa shape index (κ1) is 13.7. The van der Waals surface area contributed by atoms with Crippen molar-refractivity contribution < 1.29 is 22.4 Å². The summed E-state index contributed by atoms with van der Waals surface area (Å²) in [5.74, 6) is -6.32. The van der Waals surface area contributed by atoms with Crippen LogP contribution in [-0.4, -0.2) is 18.1 Å². The van der Waals surface area contributed by atoms with E-state index in [4.69, 9.17) is 0 Å². The number of alkyl halides is 4. The fourth-order valence-corrected chi connectivity index (χ4v) is 1.34. The van der Waals surface area contributed by atoms with E-state index in [0.29, 0.717) is 5.56 Å². The van der Waals surface area contributed by atoms with E-state index in [1.165, 1.54) is 6.07 Å². The van der Waals surface area contributed by atoms with Crippen LogP contribution in [0.3, 0.4) is 0 Å². The number of rotatable bonds is 4. The molecule has 0 aliphatic carbocycles. The molecule has 0 aromatic heterocycles. The molecule has 1 rings (SSSR count). The average Bonchev–Trinajstić information content (AvgIpc) is 2.23. The summed E-state index contributed by atoms with van der Waals surface area (Å²) in [4.78, 5) is 11.0. The van der Waals surface area contributed by atoms with Crippen LogP contribution in [0.4, 0.5) is 17.6 Å². The predicted octanol–water partition coefficient (Wildman–Crippen LogP) is 3.32. The van der Waals surface area contributed by atoms with Gasteiger partial charge in [-0.1, -0.05) is 18.2 Å². The lowest BCUT2D eigenvalue weighted by Crippen LogP contribution is -2.37. The molecule has 0 heterocycles. The van der Waals surface area contributed by atoms with Crippen molar-refractivity contribution in [2.45, 2.75) is 32.6 Å². The molecule has 0 unspecified atom stereocenters. The standard InChI is InChI=1S/C12H12F4O/c1-7-3-4-9(5-8(7)2)6-10(17)12(15,16)11(13)14/h3-5,11H,6H2,1-2H3. The molecule has 0 fully saturated rings. The van der Waals surface area contributed by atoms with E-state index in [0.717, 1.165) is 11.1 Å². The Morgan fingerprint density at radius 1 is 1.24 bits per heavy atom. The maximum Gasteiger partial charge on any atom is 0.364 e. The minimum Gasteiger partial charge on any atom is -0.292 e. The number of benzene rings is 1. The van der Waals surface area contributed by atoms with Crippen LogP contribution in [0.5, 0.6) is 0 Å². The van der Waals surface area contributed by atoms with E-state index in [-0.39, 0.29) is 0 Å². The zero-order valence-corrected chi connectivity index (χ0v) is 9.44. The van der Waals surface area contributed by atoms with Crippen molar-refractivity contribution >= 4 is 5.78 Å². The molecule has 5 heteroatoms. The smallest absolute Gasteiger partial charge is 0.292 e. The van der Waals surface area contributed by atoms with Gasteiger partial charge in [-0.05, 0) is 30.5 Å². The number of carbonyl (C=O) groups is 1. The molecule has 0 aliphatic rings. The summed E-state index contributed by atoms with van der Waals surface area (Å²) >= 11 is 0. The molecule has 0 atom stereocenters. The molecule has 94 valence electrons. The Balaban J connectivity index is 2.85. The van der Waals surface area contributed by atoms with Gasteiger partial charge in [-0.3, -0.25) is 4.79 Å². The zero-order chi connectivity index (χ0) is 13.2. The number of halogens is 4. The maximum absolute atomic E-state index is 12.7. The van der Waals surface area contributed by atoms with Gasteiger partial charge in [-0.15, -0.1) is 0 Å². The van der Waals surface area contributed by atoms with Gasteiger partial charge < -0.3 is 0 Å². The van der Waals surface area contributed by atoms with Gasteiger partial charge in [0, 0.05) is 6.42 Å². The average molecular weight is 248 g/mol. The molecule has 0 radical (unpaired) electrons. The quantitative estimate of drug-likeness (QED) is 0.747. The first-order valence-corrected chi connectivity index (χ1v) is 5.00. The summed E-state index contributed by atoms with van der Waals surface area (Å²) in [6.45, 7) is 3.59. The van der Waals surface area contributed by atoms with Gasteiger partial charge >= 0.3 is 12.3 Å². The number of ketones is 1. The Morgan fingerprint density at radius 2 is 1.82 bits per heavy atom. The van der Waals surface area contributed by atoms with Gasteiger partial charge in [0.25, 0.3) is 0 Å². The SMILES string of the molecule is Cc1ccc(CC(=O)C(F)(F)C(F)F)cc1C. The van der Waals surface area contributed by atoms with Crippen molar-refractivity contribution in [3.63, 3.8) is 0 Å². The molecule has 0 aliphatic heterocycles. The Labute approximate surface area is 96.4 Å². The van der Waals surface area contributed by atoms with E-state index in [1.54, 1.807) is 19.1 Å². The molecular formula is C12H12F4O. The maximum atomic E-state index is 12.7. The summed E-state index contributed by atoms with van der Waals surface area (Å²) in [5, 5.41) is 0. The lowest BCUT2D eigenvalue weighted by Gasteiger charge is -2.14. The highest BCUT2D eigenvalue weighted by Crippen LogP contribution is 2.25. The van der Waals surface area contributed by atoms with Gasteiger partial charge in [0.2, 0.25) is 5.78 Å². The highest BCUT2D eigenvalue weighted by Gasteiger charge is 2.47. The number of hydrogen-bond donors (Lipinski definition) is 0. The van der Waals surface area contributed by atoms with Gasteiger partial charge in [0.15, 0.2) is 0 Å². The predicted molar refractivity (Wildman–Crippen MR) is 55.6 cm³/mol. The van der Waals surface area contributed by atoms with Crippen molar-refractivity contribution in [2.24, 2.45) is 0 Å². The molecule has 17 heavy (non-hydrogen) atoms. The van der Waals surface area contributed by atoms with Crippen molar-refractivity contribution in [1.29, 1.82) is 0 Å². The van der Waals surface area contributed by atoms with Crippen molar-refractivity contribution in [3.8, 4) is 0 Å². The first-order valence-electron chi connectivity index (χ1n) is 5.00. The number of Topliss-reactive ketones (excluding diaryl/α,β-unsaturated/α-hetero) is 1. The zero-order valence-electron chi connectivity index (χ0n) is 9.44. The molecule has 0 saturated heterocycles. The Morgan fingerprint density at radius 3 is 2.29 bits per heavy atom. The van der Waals surface area contributed by atoms with Gasteiger partial charge in [-0.2, -0.15) is 8.78 Å². The van der Waals surface area contributed by atoms with E-state index in [1.807, 2.05) is 6.92 Å². The minimum absolute atomic E-state index is 0.318. The van der Waals surface area contributed by atoms with E-state index < -0.39 is 24.6 Å². The van der Waals surface area contributed by atoms with Crippen molar-refractivity contribution in [1.82, 2.24) is 0 Å². The summed E-state index contributed by atoms with van der Waals surface area (Å²) in [5.41, 5.74) is 2.09. The van der Waals surface area contributed by atoms with Crippen LogP contribution in [-0.2, 0) is 11.2 Å². The second-order valence-electron chi connectivity index (χ2n) is 3.94. The lowest BCUT2D eigenvalue weighted by molar-refractivity contribution is -0.166. The molecular weight excluding hydrogens is 236 g/mol. The van der Waals surface area contributed by atoms with E-state index >= 15 is 0 Å². The van der Waals surface area contributed by atoms with Crippen LogP contribution in [0, 0.1) is 13.8 Å². The fourth-order valence-electron chi connectivity index (χ4n) is 1.34. The van der Waals surface area contributed by atoms with Crippen LogP contribution in [0.2, 0.25) is 0 Å². The second kappa shape index (κ2) is 4.85. The largest absolute Gasteiger partial charge is 0.364 e. The topological polar surface area (TPSA) is 17.1 Å². The van der Waals surface area contributed by atoms with Gasteiger partial charge in [0.05, 0.1) is 0 Å². The van der Waals surface area contributed by atoms with Crippen LogP contribution in [0.25, 0.3) is 0 Å². The summed E-state index contributed by atoms with van der Waals surface area (Å²) in [6, 6.07) is 4.70. The number of hydrogen-bond acceptors (Lipinski definition) is 1. The number of carbonyl (C=O) groups excluding carboxylic acids is 1. The van der Waals surface area contributed by atoms with Crippen molar-refractivity contribution in [3.05, 3.63) is 34.9 Å². The molecule has 0 N–H and O–H groups in total. The van der Waals surface area contributed by atoms with E-state index in [9.17, 15) is 22.4 Å².